The van der Waals surface area contributed by atoms with E-state index in [1.807, 2.05) is 21.1 Å². The standard InChI is InChI=1S/C70H113NO8/c1-6-8-10-12-14-16-18-20-22-24-25-26-27-28-29-30-31-32-33-34-35-36-37-38-39-40-41-42-43-45-47-49-51-53-55-57-59-61-68(73)79-66(65-78-70(69(74)75)76-63-62-71(3,4)5)64-77-67(72)60-58-56-54-52-50-48-46-44-23-21-19-17-15-13-11-9-7-2/h8-11,14-17,20-23,25-26,28-29,31-32,34-35,46,48,52,54,66,70H,6-7,12-13,18-19,24,27,30,33,36-45,47,49-51,53,55-65H2,1-5H3/b10-8-,11-9-,16-14-,17-15-,22-20-,23-21-,26-25-,29-28-,32-31-,35-34-,48-46-,54-52-. The zero-order valence-electron chi connectivity index (χ0n) is 50.7. The second-order valence-corrected chi connectivity index (χ2v) is 21.2. The number of likely N-dealkylation sites (N-methyl/N-ethyl adjacent to an activating group) is 1. The molecule has 2 unspecified atom stereocenters. The lowest BCUT2D eigenvalue weighted by Crippen LogP contribution is -2.44. The summed E-state index contributed by atoms with van der Waals surface area (Å²) < 4.78 is 22.6. The second-order valence-electron chi connectivity index (χ2n) is 21.2. The van der Waals surface area contributed by atoms with Crippen LogP contribution in [-0.2, 0) is 33.3 Å². The van der Waals surface area contributed by atoms with Crippen molar-refractivity contribution in [2.75, 3.05) is 47.5 Å². The van der Waals surface area contributed by atoms with Gasteiger partial charge in [0.1, 0.15) is 13.2 Å². The summed E-state index contributed by atoms with van der Waals surface area (Å²) >= 11 is 0. The first-order valence-corrected chi connectivity index (χ1v) is 31.0. The van der Waals surface area contributed by atoms with Crippen LogP contribution in [0.25, 0.3) is 0 Å². The van der Waals surface area contributed by atoms with Crippen LogP contribution in [0.15, 0.2) is 146 Å². The number of carboxylic acids is 1. The topological polar surface area (TPSA) is 111 Å². The SMILES string of the molecule is CC/C=C\C/C=C\C/C=C\C/C=C\C/C=C\C/C=C\C/C=C\CCCCCCCCCCCCCCCCCC(=O)OC(COC(=O)CCC/C=C\C/C=C\C/C=C\C/C=C\C/C=C\CC)COC(OCC[N+](C)(C)C)C(=O)[O-]. The zero-order chi connectivity index (χ0) is 57.6. The first-order valence-electron chi connectivity index (χ1n) is 31.0. The predicted molar refractivity (Wildman–Crippen MR) is 333 cm³/mol. The van der Waals surface area contributed by atoms with Gasteiger partial charge < -0.3 is 33.3 Å². The number of carbonyl (C=O) groups excluding carboxylic acids is 3. The quantitative estimate of drug-likeness (QED) is 0.0195. The minimum Gasteiger partial charge on any atom is -0.545 e. The first kappa shape index (κ1) is 74.2. The van der Waals surface area contributed by atoms with Gasteiger partial charge in [-0.15, -0.1) is 0 Å². The number of esters is 2. The van der Waals surface area contributed by atoms with E-state index in [1.165, 1.54) is 77.0 Å². The maximum Gasteiger partial charge on any atom is 0.306 e. The van der Waals surface area contributed by atoms with E-state index in [9.17, 15) is 19.5 Å². The average molecular weight is 1100 g/mol. The lowest BCUT2D eigenvalue weighted by atomic mass is 10.0. The van der Waals surface area contributed by atoms with Crippen molar-refractivity contribution >= 4 is 17.9 Å². The van der Waals surface area contributed by atoms with Crippen molar-refractivity contribution < 1.29 is 42.9 Å². The van der Waals surface area contributed by atoms with Gasteiger partial charge in [-0.05, 0) is 109 Å². The number of ether oxygens (including phenoxy) is 4. The van der Waals surface area contributed by atoms with Crippen LogP contribution in [0.3, 0.4) is 0 Å². The normalized spacial score (nSPS) is 13.8. The molecule has 0 saturated heterocycles. The highest BCUT2D eigenvalue weighted by molar-refractivity contribution is 5.70. The molecule has 9 heteroatoms. The molecule has 0 N–H and O–H groups in total. The fourth-order valence-electron chi connectivity index (χ4n) is 7.90. The molecule has 0 radical (unpaired) electrons. The number of carboxylic acid groups (broad SMARTS) is 1. The van der Waals surface area contributed by atoms with Gasteiger partial charge in [-0.25, -0.2) is 0 Å². The predicted octanol–water partition coefficient (Wildman–Crippen LogP) is 17.5. The lowest BCUT2D eigenvalue weighted by molar-refractivity contribution is -0.870. The summed E-state index contributed by atoms with van der Waals surface area (Å²) in [7, 11) is 5.90. The minimum absolute atomic E-state index is 0.132. The summed E-state index contributed by atoms with van der Waals surface area (Å²) in [5.74, 6) is -2.37. The number of rotatable bonds is 55. The second kappa shape index (κ2) is 59.3. The van der Waals surface area contributed by atoms with Gasteiger partial charge >= 0.3 is 11.9 Å². The van der Waals surface area contributed by atoms with Crippen LogP contribution in [-0.4, -0.2) is 82.3 Å². The van der Waals surface area contributed by atoms with E-state index in [0.29, 0.717) is 23.9 Å². The van der Waals surface area contributed by atoms with Gasteiger partial charge in [0.15, 0.2) is 12.4 Å². The Morgan fingerprint density at radius 3 is 1.05 bits per heavy atom. The summed E-state index contributed by atoms with van der Waals surface area (Å²) in [6, 6.07) is 0. The molecule has 0 amide bonds. The number of hydrogen-bond donors (Lipinski definition) is 0. The van der Waals surface area contributed by atoms with Gasteiger partial charge in [-0.3, -0.25) is 9.59 Å². The molecule has 0 aliphatic carbocycles. The maximum atomic E-state index is 12.9. The molecule has 446 valence electrons. The van der Waals surface area contributed by atoms with Crippen LogP contribution >= 0.6 is 0 Å². The largest absolute Gasteiger partial charge is 0.545 e. The number of allylic oxidation sites excluding steroid dienone is 24. The van der Waals surface area contributed by atoms with Crippen LogP contribution in [0.1, 0.15) is 219 Å². The third-order valence-electron chi connectivity index (χ3n) is 12.6. The van der Waals surface area contributed by atoms with Crippen molar-refractivity contribution in [2.45, 2.75) is 232 Å². The van der Waals surface area contributed by atoms with Gasteiger partial charge in [-0.1, -0.05) is 243 Å². The monoisotopic (exact) mass is 1100 g/mol. The van der Waals surface area contributed by atoms with Crippen molar-refractivity contribution in [1.82, 2.24) is 0 Å². The summed E-state index contributed by atoms with van der Waals surface area (Å²) in [4.78, 5) is 37.3. The molecule has 0 aliphatic rings. The van der Waals surface area contributed by atoms with E-state index in [1.54, 1.807) is 0 Å². The van der Waals surface area contributed by atoms with Gasteiger partial charge in [0.2, 0.25) is 0 Å². The molecule has 0 bridgehead atoms. The third-order valence-corrected chi connectivity index (χ3v) is 12.6. The van der Waals surface area contributed by atoms with E-state index in [0.717, 1.165) is 103 Å². The molecule has 0 spiro atoms. The van der Waals surface area contributed by atoms with Crippen molar-refractivity contribution in [3.8, 4) is 0 Å². The molecule has 0 fully saturated rings. The Bertz CT molecular complexity index is 1800. The summed E-state index contributed by atoms with van der Waals surface area (Å²) in [5.41, 5.74) is 0. The highest BCUT2D eigenvalue weighted by Gasteiger charge is 2.22. The van der Waals surface area contributed by atoms with Gasteiger partial charge in [-0.2, -0.15) is 0 Å². The molecular weight excluding hydrogens is 983 g/mol. The third kappa shape index (κ3) is 60.7. The summed E-state index contributed by atoms with van der Waals surface area (Å²) in [6.07, 6.45) is 83.5. The molecule has 2 atom stereocenters. The van der Waals surface area contributed by atoms with Crippen molar-refractivity contribution in [2.24, 2.45) is 0 Å². The Kier molecular flexibility index (Phi) is 55.7. The molecule has 0 aromatic rings. The maximum absolute atomic E-state index is 12.9. The van der Waals surface area contributed by atoms with E-state index in [4.69, 9.17) is 18.9 Å². The van der Waals surface area contributed by atoms with Crippen LogP contribution in [0.5, 0.6) is 0 Å². The number of carbonyl (C=O) groups is 3. The number of aliphatic carboxylic acids is 1. The Morgan fingerprint density at radius 2 is 0.696 bits per heavy atom. The van der Waals surface area contributed by atoms with E-state index >= 15 is 0 Å². The lowest BCUT2D eigenvalue weighted by Gasteiger charge is -2.26. The van der Waals surface area contributed by atoms with Gasteiger partial charge in [0.05, 0.1) is 40.3 Å². The number of nitrogens with zero attached hydrogens (tertiary/aromatic N) is 1. The summed E-state index contributed by atoms with van der Waals surface area (Å²) in [5, 5.41) is 11.8. The number of unbranched alkanes of at least 4 members (excludes halogenated alkanes) is 16. The van der Waals surface area contributed by atoms with Crippen LogP contribution in [0, 0.1) is 0 Å². The van der Waals surface area contributed by atoms with E-state index in [-0.39, 0.29) is 32.7 Å². The number of hydrogen-bond acceptors (Lipinski definition) is 8. The molecule has 0 heterocycles. The molecule has 0 rings (SSSR count). The Labute approximate surface area is 483 Å². The van der Waals surface area contributed by atoms with E-state index < -0.39 is 30.3 Å². The van der Waals surface area contributed by atoms with Crippen LogP contribution in [0.2, 0.25) is 0 Å². The fourth-order valence-corrected chi connectivity index (χ4v) is 7.90. The smallest absolute Gasteiger partial charge is 0.306 e. The first-order chi connectivity index (χ1) is 38.6. The highest BCUT2D eigenvalue weighted by atomic mass is 16.7. The fraction of sp³-hybridized carbons (Fsp3) is 0.614. The molecule has 9 nitrogen and oxygen atoms in total. The van der Waals surface area contributed by atoms with Crippen molar-refractivity contribution in [3.63, 3.8) is 0 Å². The molecule has 79 heavy (non-hydrogen) atoms. The Hall–Kier alpha value is -4.83. The van der Waals surface area contributed by atoms with Crippen LogP contribution < -0.4 is 5.11 Å². The molecular formula is C70H113NO8. The Balaban J connectivity index is 4.17. The zero-order valence-corrected chi connectivity index (χ0v) is 50.7. The van der Waals surface area contributed by atoms with E-state index in [2.05, 4.69) is 160 Å². The highest BCUT2D eigenvalue weighted by Crippen LogP contribution is 2.15. The molecule has 0 aromatic heterocycles. The van der Waals surface area contributed by atoms with Crippen molar-refractivity contribution in [3.05, 3.63) is 146 Å². The van der Waals surface area contributed by atoms with Crippen LogP contribution in [0.4, 0.5) is 0 Å². The number of quaternary nitrogens is 1. The molecule has 0 saturated carbocycles. The summed E-state index contributed by atoms with van der Waals surface area (Å²) in [6.45, 7) is 4.44. The molecule has 0 aliphatic heterocycles. The van der Waals surface area contributed by atoms with Crippen molar-refractivity contribution in [1.29, 1.82) is 0 Å². The Morgan fingerprint density at radius 1 is 0.380 bits per heavy atom. The minimum atomic E-state index is -1.64. The van der Waals surface area contributed by atoms with Gasteiger partial charge in [0, 0.05) is 12.8 Å². The average Bonchev–Trinajstić information content (AvgIpc) is 3.42. The van der Waals surface area contributed by atoms with Gasteiger partial charge in [0.25, 0.3) is 0 Å². The molecule has 0 aromatic carbocycles.